The number of aryl methyl sites for hydroxylation is 1. The van der Waals surface area contributed by atoms with Gasteiger partial charge in [0.25, 0.3) is 5.91 Å². The SMILES string of the molecule is COC(=O)Nc1nc2c(s1)CN(C(=O)c1cn(C)nn1)CC2. The number of thiazole rings is 1. The third-order valence-corrected chi connectivity index (χ3v) is 4.23. The minimum absolute atomic E-state index is 0.158. The molecule has 0 spiro atoms. The number of amides is 2. The van der Waals surface area contributed by atoms with Crippen LogP contribution in [0.15, 0.2) is 6.20 Å². The van der Waals surface area contributed by atoms with Gasteiger partial charge in [-0.2, -0.15) is 0 Å². The summed E-state index contributed by atoms with van der Waals surface area (Å²) in [5.74, 6) is -0.158. The summed E-state index contributed by atoms with van der Waals surface area (Å²) in [7, 11) is 3.01. The van der Waals surface area contributed by atoms with E-state index in [-0.39, 0.29) is 5.91 Å². The molecular weight excluding hydrogens is 308 g/mol. The van der Waals surface area contributed by atoms with Crippen LogP contribution in [0.3, 0.4) is 0 Å². The van der Waals surface area contributed by atoms with Gasteiger partial charge >= 0.3 is 6.09 Å². The van der Waals surface area contributed by atoms with Crippen LogP contribution >= 0.6 is 11.3 Å². The molecule has 0 aromatic carbocycles. The highest BCUT2D eigenvalue weighted by Crippen LogP contribution is 2.28. The molecule has 2 amide bonds. The summed E-state index contributed by atoms with van der Waals surface area (Å²) in [4.78, 5) is 30.6. The second-order valence-corrected chi connectivity index (χ2v) is 5.84. The topological polar surface area (TPSA) is 102 Å². The van der Waals surface area contributed by atoms with Crippen molar-refractivity contribution < 1.29 is 14.3 Å². The van der Waals surface area contributed by atoms with Gasteiger partial charge in [-0.25, -0.2) is 9.78 Å². The van der Waals surface area contributed by atoms with E-state index in [1.165, 1.54) is 23.1 Å². The minimum atomic E-state index is -0.557. The van der Waals surface area contributed by atoms with Gasteiger partial charge in [-0.1, -0.05) is 16.6 Å². The molecule has 1 aliphatic heterocycles. The second-order valence-electron chi connectivity index (χ2n) is 4.76. The number of carbonyl (C=O) groups excluding carboxylic acids is 2. The highest BCUT2D eigenvalue weighted by molar-refractivity contribution is 7.15. The second kappa shape index (κ2) is 5.72. The fourth-order valence-corrected chi connectivity index (χ4v) is 3.18. The first-order valence-corrected chi connectivity index (χ1v) is 7.37. The third kappa shape index (κ3) is 2.77. The van der Waals surface area contributed by atoms with E-state index in [2.05, 4.69) is 25.3 Å². The van der Waals surface area contributed by atoms with Crippen molar-refractivity contribution in [2.24, 2.45) is 7.05 Å². The maximum absolute atomic E-state index is 12.4. The van der Waals surface area contributed by atoms with Gasteiger partial charge in [-0.05, 0) is 0 Å². The quantitative estimate of drug-likeness (QED) is 0.871. The number of nitrogens with one attached hydrogen (secondary N) is 1. The van der Waals surface area contributed by atoms with E-state index in [4.69, 9.17) is 0 Å². The lowest BCUT2D eigenvalue weighted by Gasteiger charge is -2.25. The number of ether oxygens (including phenoxy) is 1. The van der Waals surface area contributed by atoms with Crippen molar-refractivity contribution in [2.45, 2.75) is 13.0 Å². The fourth-order valence-electron chi connectivity index (χ4n) is 2.17. The van der Waals surface area contributed by atoms with Crippen LogP contribution in [0.25, 0.3) is 0 Å². The molecule has 10 heteroatoms. The molecule has 0 saturated heterocycles. The first-order valence-electron chi connectivity index (χ1n) is 6.56. The van der Waals surface area contributed by atoms with Crippen LogP contribution in [0.4, 0.5) is 9.93 Å². The summed E-state index contributed by atoms with van der Waals surface area (Å²) < 4.78 is 6.03. The zero-order chi connectivity index (χ0) is 15.7. The highest BCUT2D eigenvalue weighted by Gasteiger charge is 2.26. The number of aromatic nitrogens is 4. The number of fused-ring (bicyclic) bond motifs is 1. The Bertz CT molecular complexity index is 724. The summed E-state index contributed by atoms with van der Waals surface area (Å²) in [6, 6.07) is 0. The van der Waals surface area contributed by atoms with Crippen molar-refractivity contribution >= 4 is 28.5 Å². The number of methoxy groups -OCH3 is 1. The summed E-state index contributed by atoms with van der Waals surface area (Å²) in [5, 5.41) is 10.6. The zero-order valence-electron chi connectivity index (χ0n) is 12.1. The van der Waals surface area contributed by atoms with Crippen molar-refractivity contribution in [3.8, 4) is 0 Å². The van der Waals surface area contributed by atoms with Gasteiger partial charge in [-0.15, -0.1) is 5.10 Å². The van der Waals surface area contributed by atoms with Crippen LogP contribution in [0, 0.1) is 0 Å². The van der Waals surface area contributed by atoms with E-state index < -0.39 is 6.09 Å². The van der Waals surface area contributed by atoms with Gasteiger partial charge in [0.05, 0.1) is 25.5 Å². The summed E-state index contributed by atoms with van der Waals surface area (Å²) in [6.07, 6.45) is 1.67. The Balaban J connectivity index is 1.73. The van der Waals surface area contributed by atoms with Gasteiger partial charge in [0, 0.05) is 24.9 Å². The average Bonchev–Trinajstić information content (AvgIpc) is 3.11. The molecule has 0 unspecified atom stereocenters. The first-order chi connectivity index (χ1) is 10.6. The standard InChI is InChI=1S/C12H14N6O3S/c1-17-5-8(15-16-17)10(19)18-4-3-7-9(6-18)22-11(13-7)14-12(20)21-2/h5H,3-4,6H2,1-2H3,(H,13,14,20). The Labute approximate surface area is 129 Å². The molecule has 0 fully saturated rings. The minimum Gasteiger partial charge on any atom is -0.453 e. The van der Waals surface area contributed by atoms with E-state index >= 15 is 0 Å². The van der Waals surface area contributed by atoms with Crippen molar-refractivity contribution in [3.63, 3.8) is 0 Å². The highest BCUT2D eigenvalue weighted by atomic mass is 32.1. The molecule has 0 aliphatic carbocycles. The summed E-state index contributed by atoms with van der Waals surface area (Å²) in [6.45, 7) is 1.01. The largest absolute Gasteiger partial charge is 0.453 e. The van der Waals surface area contributed by atoms with Crippen molar-refractivity contribution in [3.05, 3.63) is 22.5 Å². The van der Waals surface area contributed by atoms with Crippen LogP contribution in [-0.2, 0) is 24.8 Å². The van der Waals surface area contributed by atoms with Crippen LogP contribution in [0.2, 0.25) is 0 Å². The predicted molar refractivity (Wildman–Crippen MR) is 77.6 cm³/mol. The fraction of sp³-hybridized carbons (Fsp3) is 0.417. The zero-order valence-corrected chi connectivity index (χ0v) is 12.9. The maximum atomic E-state index is 12.4. The Morgan fingerprint density at radius 1 is 1.45 bits per heavy atom. The van der Waals surface area contributed by atoms with E-state index in [0.717, 1.165) is 10.6 Å². The van der Waals surface area contributed by atoms with Crippen LogP contribution in [-0.4, -0.2) is 50.5 Å². The molecule has 0 bridgehead atoms. The molecule has 1 aliphatic rings. The van der Waals surface area contributed by atoms with Gasteiger partial charge in [-0.3, -0.25) is 14.8 Å². The van der Waals surface area contributed by atoms with Crippen molar-refractivity contribution in [2.75, 3.05) is 19.0 Å². The molecule has 0 radical (unpaired) electrons. The number of nitrogens with zero attached hydrogens (tertiary/aromatic N) is 5. The number of hydrogen-bond acceptors (Lipinski definition) is 7. The monoisotopic (exact) mass is 322 g/mol. The summed E-state index contributed by atoms with van der Waals surface area (Å²) in [5.41, 5.74) is 1.22. The number of hydrogen-bond donors (Lipinski definition) is 1. The van der Waals surface area contributed by atoms with Gasteiger partial charge in [0.2, 0.25) is 0 Å². The molecule has 3 rings (SSSR count). The van der Waals surface area contributed by atoms with Gasteiger partial charge < -0.3 is 9.64 Å². The van der Waals surface area contributed by atoms with Crippen molar-refractivity contribution in [1.29, 1.82) is 0 Å². The van der Waals surface area contributed by atoms with Crippen molar-refractivity contribution in [1.82, 2.24) is 24.9 Å². The Morgan fingerprint density at radius 3 is 2.95 bits per heavy atom. The van der Waals surface area contributed by atoms with Crippen LogP contribution in [0.5, 0.6) is 0 Å². The Hall–Kier alpha value is -2.49. The van der Waals surface area contributed by atoms with E-state index in [0.29, 0.717) is 30.3 Å². The lowest BCUT2D eigenvalue weighted by Crippen LogP contribution is -2.35. The van der Waals surface area contributed by atoms with Crippen LogP contribution < -0.4 is 5.32 Å². The maximum Gasteiger partial charge on any atom is 0.413 e. The summed E-state index contributed by atoms with van der Waals surface area (Å²) >= 11 is 1.34. The predicted octanol–water partition coefficient (Wildman–Crippen LogP) is 0.648. The smallest absolute Gasteiger partial charge is 0.413 e. The molecule has 2 aromatic heterocycles. The third-order valence-electron chi connectivity index (χ3n) is 3.23. The number of anilines is 1. The normalized spacial score (nSPS) is 13.6. The molecule has 22 heavy (non-hydrogen) atoms. The number of rotatable bonds is 2. The van der Waals surface area contributed by atoms with Gasteiger partial charge in [0.15, 0.2) is 10.8 Å². The first kappa shape index (κ1) is 14.4. The molecule has 3 heterocycles. The lowest BCUT2D eigenvalue weighted by molar-refractivity contribution is 0.0730. The molecule has 0 atom stereocenters. The van der Waals surface area contributed by atoms with Gasteiger partial charge in [0.1, 0.15) is 0 Å². The molecule has 9 nitrogen and oxygen atoms in total. The van der Waals surface area contributed by atoms with E-state index in [1.54, 1.807) is 18.1 Å². The molecule has 116 valence electrons. The number of carbonyl (C=O) groups is 2. The Kier molecular flexibility index (Phi) is 3.75. The van der Waals surface area contributed by atoms with E-state index in [1.807, 2.05) is 0 Å². The lowest BCUT2D eigenvalue weighted by atomic mass is 10.1. The van der Waals surface area contributed by atoms with Crippen LogP contribution in [0.1, 0.15) is 21.1 Å². The Morgan fingerprint density at radius 2 is 2.27 bits per heavy atom. The molecular formula is C12H14N6O3S. The average molecular weight is 322 g/mol. The molecule has 1 N–H and O–H groups in total. The molecule has 2 aromatic rings. The molecule has 0 saturated carbocycles. The van der Waals surface area contributed by atoms with E-state index in [9.17, 15) is 9.59 Å².